The molecule has 0 atom stereocenters. The Morgan fingerprint density at radius 2 is 2.00 bits per heavy atom. The van der Waals surface area contributed by atoms with Crippen molar-refractivity contribution in [2.75, 3.05) is 0 Å². The minimum atomic E-state index is 1.03. The molecule has 0 aromatic carbocycles. The SMILES string of the molecule is C=CC=C.[Co][C]1=CC=CC1. The molecule has 0 saturated heterocycles. The van der Waals surface area contributed by atoms with Crippen molar-refractivity contribution in [3.63, 3.8) is 0 Å². The Labute approximate surface area is 70.6 Å². The standard InChI is InChI=1S/C5H5.C4H6.Co/c1-2-4-5-3-1;1-3-4-2;/h1-3H,4H2;3-4H,1-2H2;. The van der Waals surface area contributed by atoms with Gasteiger partial charge in [-0.05, 0) is 0 Å². The Morgan fingerprint density at radius 3 is 2.10 bits per heavy atom. The minimum absolute atomic E-state index is 1.03. The zero-order valence-corrected chi connectivity index (χ0v) is 6.88. The van der Waals surface area contributed by atoms with Crippen molar-refractivity contribution in [3.05, 3.63) is 48.0 Å². The molecule has 0 aliphatic heterocycles. The summed E-state index contributed by atoms with van der Waals surface area (Å²) in [5.41, 5.74) is 0. The summed E-state index contributed by atoms with van der Waals surface area (Å²) < 4.78 is 1.16. The van der Waals surface area contributed by atoms with Crippen LogP contribution in [0.25, 0.3) is 0 Å². The molecule has 0 unspecified atom stereocenters. The summed E-state index contributed by atoms with van der Waals surface area (Å²) in [6.45, 7) is 6.72. The molecule has 0 radical (unpaired) electrons. The second-order valence-corrected chi connectivity index (χ2v) is 2.36. The third-order valence-electron chi connectivity index (χ3n) is 0.876. The first kappa shape index (κ1) is 9.47. The van der Waals surface area contributed by atoms with Crippen LogP contribution in [0.2, 0.25) is 0 Å². The van der Waals surface area contributed by atoms with Crippen molar-refractivity contribution in [1.82, 2.24) is 0 Å². The molecule has 0 heterocycles. The monoisotopic (exact) mass is 178 g/mol. The van der Waals surface area contributed by atoms with Gasteiger partial charge in [0.2, 0.25) is 0 Å². The van der Waals surface area contributed by atoms with Crippen molar-refractivity contribution in [2.45, 2.75) is 6.42 Å². The van der Waals surface area contributed by atoms with Crippen molar-refractivity contribution < 1.29 is 15.7 Å². The number of allylic oxidation sites excluding steroid dienone is 6. The van der Waals surface area contributed by atoms with E-state index in [0.717, 1.165) is 10.9 Å². The zero-order chi connectivity index (χ0) is 7.82. The van der Waals surface area contributed by atoms with Gasteiger partial charge in [0.15, 0.2) is 0 Å². The molecule has 56 valence electrons. The Kier molecular flexibility index (Phi) is 6.23. The molecule has 0 aromatic heterocycles. The summed E-state index contributed by atoms with van der Waals surface area (Å²) in [5.74, 6) is 0. The van der Waals surface area contributed by atoms with E-state index in [2.05, 4.69) is 35.0 Å². The van der Waals surface area contributed by atoms with Gasteiger partial charge >= 0.3 is 44.9 Å². The predicted molar refractivity (Wildman–Crippen MR) is 42.2 cm³/mol. The van der Waals surface area contributed by atoms with Crippen molar-refractivity contribution in [1.29, 1.82) is 0 Å². The first-order valence-electron chi connectivity index (χ1n) is 3.03. The van der Waals surface area contributed by atoms with Crippen LogP contribution in [0.1, 0.15) is 6.42 Å². The Hall–Kier alpha value is -0.534. The molecule has 0 N–H and O–H groups in total. The van der Waals surface area contributed by atoms with E-state index < -0.39 is 0 Å². The Bertz CT molecular complexity index is 158. The normalized spacial score (nSPS) is 13.2. The van der Waals surface area contributed by atoms with Crippen LogP contribution in [-0.4, -0.2) is 0 Å². The second kappa shape index (κ2) is 6.58. The van der Waals surface area contributed by atoms with E-state index in [-0.39, 0.29) is 0 Å². The van der Waals surface area contributed by atoms with E-state index >= 15 is 0 Å². The van der Waals surface area contributed by atoms with Crippen molar-refractivity contribution in [3.8, 4) is 0 Å². The molecule has 0 nitrogen and oxygen atoms in total. The fraction of sp³-hybridized carbons (Fsp3) is 0.111. The molecule has 10 heavy (non-hydrogen) atoms. The van der Waals surface area contributed by atoms with Crippen LogP contribution in [0.4, 0.5) is 0 Å². The van der Waals surface area contributed by atoms with Crippen LogP contribution < -0.4 is 0 Å². The van der Waals surface area contributed by atoms with Crippen molar-refractivity contribution >= 4 is 0 Å². The van der Waals surface area contributed by atoms with Crippen molar-refractivity contribution in [2.24, 2.45) is 0 Å². The van der Waals surface area contributed by atoms with Gasteiger partial charge in [-0.2, -0.15) is 0 Å². The van der Waals surface area contributed by atoms with E-state index in [1.54, 1.807) is 12.2 Å². The van der Waals surface area contributed by atoms with Gasteiger partial charge in [-0.15, -0.1) is 0 Å². The quantitative estimate of drug-likeness (QED) is 0.541. The van der Waals surface area contributed by atoms with Gasteiger partial charge in [-0.25, -0.2) is 0 Å². The molecule has 1 rings (SSSR count). The fourth-order valence-corrected chi connectivity index (χ4v) is 0.634. The first-order chi connectivity index (χ1) is 4.81. The first-order valence-corrected chi connectivity index (χ1v) is 3.55. The van der Waals surface area contributed by atoms with Gasteiger partial charge in [0.25, 0.3) is 0 Å². The molecular formula is C9H11Co. The summed E-state index contributed by atoms with van der Waals surface area (Å²) >= 11 is 4.14. The maximum atomic E-state index is 4.14. The van der Waals surface area contributed by atoms with Crippen LogP contribution in [-0.2, 0) is 15.7 Å². The molecule has 1 aliphatic rings. The molecule has 0 bridgehead atoms. The molecule has 0 amide bonds. The Balaban J connectivity index is 0.000000180. The molecular weight excluding hydrogens is 167 g/mol. The van der Waals surface area contributed by atoms with Gasteiger partial charge in [-0.1, -0.05) is 25.3 Å². The number of hydrogen-bond acceptors (Lipinski definition) is 0. The fourth-order valence-electron chi connectivity index (χ4n) is 0.412. The number of rotatable bonds is 1. The van der Waals surface area contributed by atoms with Crippen LogP contribution in [0.3, 0.4) is 0 Å². The van der Waals surface area contributed by atoms with E-state index in [4.69, 9.17) is 0 Å². The summed E-state index contributed by atoms with van der Waals surface area (Å²) in [5, 5.41) is 0. The maximum absolute atomic E-state index is 4.14. The Morgan fingerprint density at radius 1 is 1.40 bits per heavy atom. The molecule has 1 heteroatoms. The predicted octanol–water partition coefficient (Wildman–Crippen LogP) is 2.74. The van der Waals surface area contributed by atoms with E-state index in [9.17, 15) is 0 Å². The summed E-state index contributed by atoms with van der Waals surface area (Å²) in [6.07, 6.45) is 10.4. The summed E-state index contributed by atoms with van der Waals surface area (Å²) in [7, 11) is 0. The third-order valence-corrected chi connectivity index (χ3v) is 1.26. The summed E-state index contributed by atoms with van der Waals surface area (Å²) in [6, 6.07) is 0. The molecule has 0 saturated carbocycles. The van der Waals surface area contributed by atoms with E-state index in [1.165, 1.54) is 0 Å². The van der Waals surface area contributed by atoms with Gasteiger partial charge in [0.1, 0.15) is 0 Å². The number of hydrogen-bond donors (Lipinski definition) is 0. The molecule has 0 fully saturated rings. The van der Waals surface area contributed by atoms with Crippen LogP contribution in [0.15, 0.2) is 48.0 Å². The average Bonchev–Trinajstić information content (AvgIpc) is 2.40. The molecule has 1 aliphatic carbocycles. The van der Waals surface area contributed by atoms with E-state index in [0.29, 0.717) is 0 Å². The van der Waals surface area contributed by atoms with Gasteiger partial charge < -0.3 is 0 Å². The van der Waals surface area contributed by atoms with Crippen LogP contribution >= 0.6 is 0 Å². The van der Waals surface area contributed by atoms with Gasteiger partial charge in [0, 0.05) is 0 Å². The topological polar surface area (TPSA) is 0 Å². The average molecular weight is 178 g/mol. The third kappa shape index (κ3) is 5.60. The summed E-state index contributed by atoms with van der Waals surface area (Å²) in [4.78, 5) is 0. The molecule has 0 aromatic rings. The zero-order valence-electron chi connectivity index (χ0n) is 5.84. The van der Waals surface area contributed by atoms with Crippen LogP contribution in [0, 0.1) is 0 Å². The van der Waals surface area contributed by atoms with E-state index in [1.807, 2.05) is 12.2 Å². The molecule has 0 spiro atoms. The second-order valence-electron chi connectivity index (χ2n) is 1.69. The van der Waals surface area contributed by atoms with Gasteiger partial charge in [0.05, 0.1) is 0 Å². The van der Waals surface area contributed by atoms with Gasteiger partial charge in [-0.3, -0.25) is 0 Å². The van der Waals surface area contributed by atoms with Crippen LogP contribution in [0.5, 0.6) is 0 Å².